The Morgan fingerprint density at radius 1 is 0.870 bits per heavy atom. The van der Waals surface area contributed by atoms with Crippen molar-refractivity contribution in [1.82, 2.24) is 26.2 Å². The van der Waals surface area contributed by atoms with Gasteiger partial charge in [0.1, 0.15) is 23.3 Å². The summed E-state index contributed by atoms with van der Waals surface area (Å²) < 4.78 is 10.6. The minimum Gasteiger partial charge on any atom is -0.444 e. The van der Waals surface area contributed by atoms with E-state index in [9.17, 15) is 28.8 Å². The quantitative estimate of drug-likeness (QED) is 0.142. The number of likely N-dealkylation sites (tertiary alicyclic amines) is 1. The molecule has 260 valence electrons. The van der Waals surface area contributed by atoms with E-state index < -0.39 is 70.4 Å². The number of rotatable bonds is 12. The molecule has 1 saturated carbocycles. The zero-order valence-electron chi connectivity index (χ0n) is 29.4. The molecule has 0 aromatic carbocycles. The number of carbonyl (C=O) groups excluding carboxylic acids is 6. The van der Waals surface area contributed by atoms with Gasteiger partial charge in [0.2, 0.25) is 17.6 Å². The van der Waals surface area contributed by atoms with E-state index in [4.69, 9.17) is 9.47 Å². The van der Waals surface area contributed by atoms with E-state index in [1.165, 1.54) is 4.90 Å². The van der Waals surface area contributed by atoms with E-state index in [1.807, 2.05) is 34.6 Å². The molecule has 13 heteroatoms. The fourth-order valence-corrected chi connectivity index (χ4v) is 5.76. The molecule has 2 rings (SSSR count). The van der Waals surface area contributed by atoms with Gasteiger partial charge in [0.15, 0.2) is 0 Å². The molecule has 1 heterocycles. The number of carbonyl (C=O) groups is 6. The highest BCUT2D eigenvalue weighted by Crippen LogP contribution is 2.65. The molecule has 1 aliphatic carbocycles. The van der Waals surface area contributed by atoms with Gasteiger partial charge in [-0.05, 0) is 77.0 Å². The molecule has 1 saturated heterocycles. The second-order valence-corrected chi connectivity index (χ2v) is 15.8. The molecule has 0 aromatic rings. The Labute approximate surface area is 273 Å². The summed E-state index contributed by atoms with van der Waals surface area (Å²) in [6.07, 6.45) is 0.656. The van der Waals surface area contributed by atoms with Crippen LogP contribution in [0.4, 0.5) is 9.59 Å². The molecule has 4 N–H and O–H groups in total. The lowest BCUT2D eigenvalue weighted by Crippen LogP contribution is -2.60. The number of ketones is 1. The average molecular weight is 650 g/mol. The molecule has 5 unspecified atom stereocenters. The van der Waals surface area contributed by atoms with Crippen LogP contribution in [0.25, 0.3) is 0 Å². The Balaban J connectivity index is 2.19. The highest BCUT2D eigenvalue weighted by atomic mass is 16.6. The first-order valence-electron chi connectivity index (χ1n) is 15.9. The lowest BCUT2D eigenvalue weighted by atomic mass is 9.85. The van der Waals surface area contributed by atoms with Crippen molar-refractivity contribution in [2.45, 2.75) is 118 Å². The minimum absolute atomic E-state index is 0.0290. The second-order valence-electron chi connectivity index (χ2n) is 15.8. The van der Waals surface area contributed by atoms with Gasteiger partial charge in [0.05, 0.1) is 6.04 Å². The summed E-state index contributed by atoms with van der Waals surface area (Å²) in [5, 5.41) is 10.4. The molecule has 2 fully saturated rings. The van der Waals surface area contributed by atoms with Crippen LogP contribution in [0.1, 0.15) is 89.0 Å². The van der Waals surface area contributed by atoms with E-state index in [1.54, 1.807) is 47.6 Å². The highest BCUT2D eigenvalue weighted by molar-refractivity contribution is 6.38. The number of amides is 5. The summed E-state index contributed by atoms with van der Waals surface area (Å²) in [6.45, 7) is 23.8. The number of Topliss-reactive ketones (excluding diaryl/α,β-unsaturated/α-hetero) is 1. The summed E-state index contributed by atoms with van der Waals surface area (Å²) in [4.78, 5) is 80.0. The Morgan fingerprint density at radius 2 is 1.41 bits per heavy atom. The molecule has 1 aliphatic heterocycles. The van der Waals surface area contributed by atoms with Crippen molar-refractivity contribution in [3.8, 4) is 0 Å². The summed E-state index contributed by atoms with van der Waals surface area (Å²) in [6, 6.07) is -3.06. The normalized spacial score (nSPS) is 21.5. The number of allylic oxidation sites excluding steroid dienone is 1. The Hall–Kier alpha value is -3.64. The predicted octanol–water partition coefficient (Wildman–Crippen LogP) is 3.07. The molecule has 5 atom stereocenters. The van der Waals surface area contributed by atoms with Crippen molar-refractivity contribution in [3.63, 3.8) is 0 Å². The minimum atomic E-state index is -1.17. The van der Waals surface area contributed by atoms with Crippen molar-refractivity contribution >= 4 is 35.7 Å². The van der Waals surface area contributed by atoms with Crippen LogP contribution in [-0.4, -0.2) is 89.6 Å². The van der Waals surface area contributed by atoms with Gasteiger partial charge in [-0.25, -0.2) is 9.59 Å². The van der Waals surface area contributed by atoms with Gasteiger partial charge in [-0.3, -0.25) is 19.2 Å². The predicted molar refractivity (Wildman–Crippen MR) is 172 cm³/mol. The SMILES string of the molecule is C=CCCC(NC(=O)C1C2C(CN1C(=O)C(NC(=O)OC(C)(C)C)C(C)(C)C)C2(C)C)C(=O)C(=O)NCCNC(=O)OC(C)(C)C. The molecular formula is C33H55N5O8. The molecule has 5 amide bonds. The summed E-state index contributed by atoms with van der Waals surface area (Å²) in [7, 11) is 0. The third-order valence-electron chi connectivity index (χ3n) is 8.13. The maximum atomic E-state index is 14.0. The van der Waals surface area contributed by atoms with Gasteiger partial charge in [0.25, 0.3) is 5.91 Å². The standard InChI is InChI=1S/C33H55N5O8/c1-13-14-15-20(23(39)26(41)34-16-17-35-28(43)45-31(5,6)7)36-25(40)22-21-19(33(21,11)12)18-38(22)27(42)24(30(2,3)4)37-29(44)46-32(8,9)10/h13,19-22,24H,1,14-18H2,2-12H3,(H,34,41)(H,35,43)(H,36,40)(H,37,44). The summed E-state index contributed by atoms with van der Waals surface area (Å²) in [5.41, 5.74) is -2.38. The number of nitrogens with zero attached hydrogens (tertiary/aromatic N) is 1. The molecule has 46 heavy (non-hydrogen) atoms. The number of nitrogens with one attached hydrogen (secondary N) is 4. The van der Waals surface area contributed by atoms with Crippen molar-refractivity contribution in [1.29, 1.82) is 0 Å². The Morgan fingerprint density at radius 3 is 1.93 bits per heavy atom. The summed E-state index contributed by atoms with van der Waals surface area (Å²) >= 11 is 0. The molecule has 2 aliphatic rings. The van der Waals surface area contributed by atoms with E-state index in [0.717, 1.165) is 0 Å². The summed E-state index contributed by atoms with van der Waals surface area (Å²) in [5.74, 6) is -2.85. The lowest BCUT2D eigenvalue weighted by molar-refractivity contribution is -0.145. The van der Waals surface area contributed by atoms with Crippen molar-refractivity contribution in [2.24, 2.45) is 22.7 Å². The Kier molecular flexibility index (Phi) is 12.1. The van der Waals surface area contributed by atoms with Crippen molar-refractivity contribution < 1.29 is 38.2 Å². The first-order valence-corrected chi connectivity index (χ1v) is 15.9. The van der Waals surface area contributed by atoms with E-state index in [-0.39, 0.29) is 36.8 Å². The zero-order valence-corrected chi connectivity index (χ0v) is 29.4. The van der Waals surface area contributed by atoms with Crippen LogP contribution < -0.4 is 21.3 Å². The smallest absolute Gasteiger partial charge is 0.408 e. The number of hydrogen-bond donors (Lipinski definition) is 4. The van der Waals surface area contributed by atoms with Gasteiger partial charge < -0.3 is 35.6 Å². The van der Waals surface area contributed by atoms with Crippen molar-refractivity contribution in [3.05, 3.63) is 12.7 Å². The topological polar surface area (TPSA) is 172 Å². The maximum absolute atomic E-state index is 14.0. The number of ether oxygens (including phenoxy) is 2. The van der Waals surface area contributed by atoms with Crippen LogP contribution in [0.2, 0.25) is 0 Å². The number of alkyl carbamates (subject to hydrolysis) is 2. The highest BCUT2D eigenvalue weighted by Gasteiger charge is 2.70. The van der Waals surface area contributed by atoms with Gasteiger partial charge in [-0.1, -0.05) is 40.7 Å². The third kappa shape index (κ3) is 10.4. The van der Waals surface area contributed by atoms with E-state index >= 15 is 0 Å². The molecule has 0 radical (unpaired) electrons. The van der Waals surface area contributed by atoms with Gasteiger partial charge in [-0.2, -0.15) is 0 Å². The zero-order chi connectivity index (χ0) is 35.4. The Bertz CT molecular complexity index is 1190. The van der Waals surface area contributed by atoms with E-state index in [2.05, 4.69) is 27.8 Å². The second kappa shape index (κ2) is 14.4. The number of piperidine rings is 1. The maximum Gasteiger partial charge on any atom is 0.408 e. The van der Waals surface area contributed by atoms with Crippen molar-refractivity contribution in [2.75, 3.05) is 19.6 Å². The van der Waals surface area contributed by atoms with Gasteiger partial charge in [0, 0.05) is 19.6 Å². The fraction of sp³-hybridized carbons (Fsp3) is 0.758. The van der Waals surface area contributed by atoms with Gasteiger partial charge in [-0.15, -0.1) is 6.58 Å². The largest absolute Gasteiger partial charge is 0.444 e. The van der Waals surface area contributed by atoms with Crippen LogP contribution in [0, 0.1) is 22.7 Å². The molecular weight excluding hydrogens is 594 g/mol. The third-order valence-corrected chi connectivity index (χ3v) is 8.13. The lowest BCUT2D eigenvalue weighted by Gasteiger charge is -2.38. The average Bonchev–Trinajstić information content (AvgIpc) is 3.20. The van der Waals surface area contributed by atoms with Crippen LogP contribution in [0.3, 0.4) is 0 Å². The van der Waals surface area contributed by atoms with Crippen LogP contribution in [0.15, 0.2) is 12.7 Å². The number of fused-ring (bicyclic) bond motifs is 1. The monoisotopic (exact) mass is 649 g/mol. The number of hydrogen-bond acceptors (Lipinski definition) is 8. The van der Waals surface area contributed by atoms with Crippen LogP contribution in [0.5, 0.6) is 0 Å². The van der Waals surface area contributed by atoms with E-state index in [0.29, 0.717) is 13.0 Å². The van der Waals surface area contributed by atoms with Gasteiger partial charge >= 0.3 is 12.2 Å². The van der Waals surface area contributed by atoms with Crippen LogP contribution in [-0.2, 0) is 28.7 Å². The molecule has 0 aromatic heterocycles. The molecule has 0 spiro atoms. The fourth-order valence-electron chi connectivity index (χ4n) is 5.76. The first-order chi connectivity index (χ1) is 20.9. The first kappa shape index (κ1) is 38.5. The molecule has 13 nitrogen and oxygen atoms in total. The molecule has 0 bridgehead atoms. The van der Waals surface area contributed by atoms with Crippen LogP contribution >= 0.6 is 0 Å².